The minimum Gasteiger partial charge on any atom is -0.507 e. The first-order valence-electron chi connectivity index (χ1n) is 14.6. The summed E-state index contributed by atoms with van der Waals surface area (Å²) in [7, 11) is -1.69. The van der Waals surface area contributed by atoms with Gasteiger partial charge in [0.1, 0.15) is 5.75 Å². The first kappa shape index (κ1) is 28.2. The Balaban J connectivity index is 1.27. The van der Waals surface area contributed by atoms with Crippen LogP contribution in [0.25, 0.3) is 11.6 Å². The van der Waals surface area contributed by atoms with Gasteiger partial charge in [-0.05, 0) is 72.1 Å². The minimum atomic E-state index is -1.69. The summed E-state index contributed by atoms with van der Waals surface area (Å²) >= 11 is 0. The molecule has 4 atom stereocenters. The lowest BCUT2D eigenvalue weighted by Gasteiger charge is -2.31. The molecule has 0 aromatic heterocycles. The molecule has 3 aromatic rings. The molecule has 0 saturated carbocycles. The Morgan fingerprint density at radius 1 is 0.976 bits per heavy atom. The summed E-state index contributed by atoms with van der Waals surface area (Å²) in [6.45, 7) is 2.48. The average molecular weight is 563 g/mol. The van der Waals surface area contributed by atoms with E-state index in [4.69, 9.17) is 4.74 Å². The topological polar surface area (TPSA) is 107 Å². The first-order valence-corrected chi connectivity index (χ1v) is 14.6. The molecule has 0 bridgehead atoms. The van der Waals surface area contributed by atoms with Crippen molar-refractivity contribution >= 4 is 41.7 Å². The minimum absolute atomic E-state index is 0.160. The number of ether oxygens (including phenoxy) is 1. The van der Waals surface area contributed by atoms with Crippen molar-refractivity contribution in [3.8, 4) is 5.75 Å². The third-order valence-corrected chi connectivity index (χ3v) is 8.95. The number of rotatable bonds is 8. The zero-order chi connectivity index (χ0) is 29.4. The van der Waals surface area contributed by atoms with Crippen LogP contribution in [0.15, 0.2) is 90.0 Å². The SMILES string of the molecule is CCC1=C2[C@@H](CC/C(=C/c3ccccc3O)c3ccccc3)OC[C@@H]2[C@@H]2C(=O)N(c3cccc(B(O)O)c3)C(=O)[C@@H]2C1. The molecule has 3 aromatic carbocycles. The number of carbonyl (C=O) groups excluding carboxylic acids is 2. The second-order valence-electron chi connectivity index (χ2n) is 11.3. The summed E-state index contributed by atoms with van der Waals surface area (Å²) in [5.41, 5.74) is 5.86. The number of nitrogens with zero attached hydrogens (tertiary/aromatic N) is 1. The van der Waals surface area contributed by atoms with E-state index in [1.807, 2.05) is 36.4 Å². The quantitative estimate of drug-likeness (QED) is 0.163. The Labute approximate surface area is 245 Å². The van der Waals surface area contributed by atoms with Crippen molar-refractivity contribution < 1.29 is 29.5 Å². The highest BCUT2D eigenvalue weighted by molar-refractivity contribution is 6.58. The van der Waals surface area contributed by atoms with Crippen molar-refractivity contribution in [2.75, 3.05) is 11.5 Å². The maximum atomic E-state index is 13.8. The van der Waals surface area contributed by atoms with E-state index in [1.54, 1.807) is 30.3 Å². The molecule has 3 aliphatic rings. The highest BCUT2D eigenvalue weighted by Gasteiger charge is 2.57. The molecular formula is C34H34BNO6. The standard InChI is InChI=1S/C34H34BNO6/c1-2-21-18-27-32(34(39)36(33(27)38)26-13-8-12-25(19-26)35(40)41)28-20-42-30(31(21)28)16-15-23(22-9-4-3-5-10-22)17-24-11-6-7-14-29(24)37/h3-14,17,19,27-28,30,32,37,40-41H,2,15-16,18,20H2,1H3/b23-17-/t27-,28+,30-,32-/m1/s1. The van der Waals surface area contributed by atoms with Gasteiger partial charge in [-0.2, -0.15) is 0 Å². The number of hydrogen-bond acceptors (Lipinski definition) is 6. The van der Waals surface area contributed by atoms with Gasteiger partial charge in [0.05, 0.1) is 30.2 Å². The van der Waals surface area contributed by atoms with Gasteiger partial charge in [-0.3, -0.25) is 14.5 Å². The molecule has 2 saturated heterocycles. The number of benzene rings is 3. The number of hydrogen-bond donors (Lipinski definition) is 3. The summed E-state index contributed by atoms with van der Waals surface area (Å²) in [4.78, 5) is 28.7. The van der Waals surface area contributed by atoms with Crippen LogP contribution in [-0.4, -0.2) is 46.8 Å². The van der Waals surface area contributed by atoms with E-state index in [2.05, 4.69) is 19.1 Å². The Bertz CT molecular complexity index is 1560. The lowest BCUT2D eigenvalue weighted by Crippen LogP contribution is -2.35. The van der Waals surface area contributed by atoms with E-state index in [-0.39, 0.29) is 35.0 Å². The smallest absolute Gasteiger partial charge is 0.488 e. The molecule has 7 nitrogen and oxygen atoms in total. The van der Waals surface area contributed by atoms with Crippen LogP contribution >= 0.6 is 0 Å². The van der Waals surface area contributed by atoms with Crippen molar-refractivity contribution in [1.82, 2.24) is 0 Å². The number of amides is 2. The van der Waals surface area contributed by atoms with Gasteiger partial charge in [0.15, 0.2) is 0 Å². The molecule has 214 valence electrons. The molecule has 1 aliphatic carbocycles. The van der Waals surface area contributed by atoms with Gasteiger partial charge < -0.3 is 19.9 Å². The third kappa shape index (κ3) is 5.11. The van der Waals surface area contributed by atoms with Crippen LogP contribution < -0.4 is 10.4 Å². The molecule has 2 heterocycles. The molecule has 2 amide bonds. The maximum absolute atomic E-state index is 13.8. The van der Waals surface area contributed by atoms with Crippen molar-refractivity contribution in [1.29, 1.82) is 0 Å². The monoisotopic (exact) mass is 563 g/mol. The van der Waals surface area contributed by atoms with Crippen molar-refractivity contribution in [2.24, 2.45) is 17.8 Å². The molecule has 0 radical (unpaired) electrons. The van der Waals surface area contributed by atoms with Gasteiger partial charge >= 0.3 is 7.12 Å². The highest BCUT2D eigenvalue weighted by Crippen LogP contribution is 2.51. The number of allylic oxidation sites excluding steroid dienone is 2. The fourth-order valence-electron chi connectivity index (χ4n) is 6.93. The van der Waals surface area contributed by atoms with Crippen LogP contribution in [0.4, 0.5) is 5.69 Å². The number of aromatic hydroxyl groups is 1. The highest BCUT2D eigenvalue weighted by atomic mass is 16.5. The number of carbonyl (C=O) groups is 2. The molecule has 2 aliphatic heterocycles. The van der Waals surface area contributed by atoms with Crippen molar-refractivity contribution in [3.63, 3.8) is 0 Å². The van der Waals surface area contributed by atoms with Gasteiger partial charge in [-0.1, -0.05) is 73.2 Å². The molecular weight excluding hydrogens is 529 g/mol. The van der Waals surface area contributed by atoms with Gasteiger partial charge in [-0.15, -0.1) is 0 Å². The lowest BCUT2D eigenvalue weighted by molar-refractivity contribution is -0.122. The summed E-state index contributed by atoms with van der Waals surface area (Å²) < 4.78 is 6.39. The van der Waals surface area contributed by atoms with E-state index in [0.29, 0.717) is 31.6 Å². The van der Waals surface area contributed by atoms with Crippen molar-refractivity contribution in [2.45, 2.75) is 38.7 Å². The molecule has 42 heavy (non-hydrogen) atoms. The number of anilines is 1. The number of para-hydroxylation sites is 1. The van der Waals surface area contributed by atoms with Crippen LogP contribution in [0.5, 0.6) is 5.75 Å². The summed E-state index contributed by atoms with van der Waals surface area (Å²) in [6, 6.07) is 23.7. The Morgan fingerprint density at radius 3 is 2.48 bits per heavy atom. The Hall–Kier alpha value is -3.98. The zero-order valence-corrected chi connectivity index (χ0v) is 23.5. The lowest BCUT2D eigenvalue weighted by atomic mass is 9.69. The Kier molecular flexibility index (Phi) is 7.86. The average Bonchev–Trinajstić information content (AvgIpc) is 3.54. The Morgan fingerprint density at radius 2 is 1.74 bits per heavy atom. The van der Waals surface area contributed by atoms with E-state index >= 15 is 0 Å². The molecule has 2 fully saturated rings. The molecule has 8 heteroatoms. The summed E-state index contributed by atoms with van der Waals surface area (Å²) in [5, 5.41) is 29.7. The number of phenols is 1. The van der Waals surface area contributed by atoms with Crippen LogP contribution in [0, 0.1) is 17.8 Å². The van der Waals surface area contributed by atoms with E-state index in [1.165, 1.54) is 16.5 Å². The van der Waals surface area contributed by atoms with Crippen molar-refractivity contribution in [3.05, 3.63) is 101 Å². The second kappa shape index (κ2) is 11.7. The normalized spacial score (nSPS) is 23.8. The summed E-state index contributed by atoms with van der Waals surface area (Å²) in [6.07, 6.45) is 4.59. The fourth-order valence-corrected chi connectivity index (χ4v) is 6.93. The van der Waals surface area contributed by atoms with E-state index in [9.17, 15) is 24.7 Å². The predicted octanol–water partition coefficient (Wildman–Crippen LogP) is 4.32. The number of phenolic OH excluding ortho intramolecular Hbond substituents is 1. The zero-order valence-electron chi connectivity index (χ0n) is 23.5. The molecule has 0 spiro atoms. The maximum Gasteiger partial charge on any atom is 0.488 e. The number of imide groups is 1. The van der Waals surface area contributed by atoms with Gasteiger partial charge in [0.25, 0.3) is 0 Å². The van der Waals surface area contributed by atoms with E-state index < -0.39 is 19.0 Å². The molecule has 0 unspecified atom stereocenters. The summed E-state index contributed by atoms with van der Waals surface area (Å²) in [5.74, 6) is -1.38. The predicted molar refractivity (Wildman–Crippen MR) is 163 cm³/mol. The fraction of sp³-hybridized carbons (Fsp3) is 0.294. The number of fused-ring (bicyclic) bond motifs is 3. The van der Waals surface area contributed by atoms with Gasteiger partial charge in [0, 0.05) is 11.5 Å². The van der Waals surface area contributed by atoms with E-state index in [0.717, 1.165) is 28.7 Å². The third-order valence-electron chi connectivity index (χ3n) is 8.95. The van der Waals surface area contributed by atoms with Gasteiger partial charge in [0.2, 0.25) is 11.8 Å². The second-order valence-corrected chi connectivity index (χ2v) is 11.3. The largest absolute Gasteiger partial charge is 0.507 e. The van der Waals surface area contributed by atoms with Gasteiger partial charge in [-0.25, -0.2) is 0 Å². The van der Waals surface area contributed by atoms with Crippen LogP contribution in [0.2, 0.25) is 0 Å². The van der Waals surface area contributed by atoms with Crippen LogP contribution in [-0.2, 0) is 14.3 Å². The van der Waals surface area contributed by atoms with Crippen LogP contribution in [0.1, 0.15) is 43.7 Å². The first-order chi connectivity index (χ1) is 20.4. The molecule has 3 N–H and O–H groups in total. The van der Waals surface area contributed by atoms with Crippen LogP contribution in [0.3, 0.4) is 0 Å². The molecule has 6 rings (SSSR count).